The molecule has 0 spiro atoms. The van der Waals surface area contributed by atoms with E-state index in [1.54, 1.807) is 14.0 Å². The summed E-state index contributed by atoms with van der Waals surface area (Å²) < 4.78 is 23.3. The van der Waals surface area contributed by atoms with Gasteiger partial charge >= 0.3 is 0 Å². The van der Waals surface area contributed by atoms with Crippen LogP contribution in [0, 0.1) is 5.41 Å². The second-order valence-electron chi connectivity index (χ2n) is 1.83. The minimum atomic E-state index is -2.68. The van der Waals surface area contributed by atoms with Crippen molar-refractivity contribution in [2.45, 2.75) is 13.3 Å². The lowest BCUT2D eigenvalue weighted by molar-refractivity contribution is 0.226. The Balaban J connectivity index is 4.00. The molecule has 4 heteroatoms. The van der Waals surface area contributed by atoms with Crippen LogP contribution in [-0.4, -0.2) is 19.2 Å². The van der Waals surface area contributed by atoms with E-state index in [0.717, 1.165) is 6.08 Å². The smallest absolute Gasteiger partial charge is 0.279 e. The number of rotatable bonds is 3. The average molecular weight is 148 g/mol. The van der Waals surface area contributed by atoms with Crippen LogP contribution in [0.25, 0.3) is 0 Å². The van der Waals surface area contributed by atoms with Gasteiger partial charge in [0.25, 0.3) is 6.43 Å². The van der Waals surface area contributed by atoms with Crippen molar-refractivity contribution < 1.29 is 8.78 Å². The van der Waals surface area contributed by atoms with Crippen LogP contribution in [0.1, 0.15) is 6.92 Å². The first-order valence-corrected chi connectivity index (χ1v) is 2.80. The van der Waals surface area contributed by atoms with E-state index < -0.39 is 12.1 Å². The third-order valence-corrected chi connectivity index (χ3v) is 1.00. The fraction of sp³-hybridized carbons (Fsp3) is 0.500. The van der Waals surface area contributed by atoms with E-state index in [-0.39, 0.29) is 0 Å². The Hall–Kier alpha value is -0.930. The van der Waals surface area contributed by atoms with Crippen LogP contribution in [0.2, 0.25) is 0 Å². The summed E-state index contributed by atoms with van der Waals surface area (Å²) in [5.74, 6) is 0. The van der Waals surface area contributed by atoms with Crippen LogP contribution in [0.5, 0.6) is 0 Å². The molecule has 0 saturated heterocycles. The largest absolute Gasteiger partial charge is 0.392 e. The summed E-state index contributed by atoms with van der Waals surface area (Å²) in [5.41, 5.74) is -0.0999. The molecular formula is C6H10F2N2. The van der Waals surface area contributed by atoms with Crippen molar-refractivity contribution in [3.63, 3.8) is 0 Å². The Morgan fingerprint density at radius 1 is 1.60 bits per heavy atom. The standard InChI is InChI=1S/C6H10F2N2/c1-4(10-2)3-5(9)6(7)8/h3,6,9-10H,1-2H3/b4-3-,9-5?. The van der Waals surface area contributed by atoms with Gasteiger partial charge in [-0.1, -0.05) is 0 Å². The summed E-state index contributed by atoms with van der Waals surface area (Å²) in [7, 11) is 1.62. The van der Waals surface area contributed by atoms with E-state index in [2.05, 4.69) is 5.32 Å². The molecule has 2 nitrogen and oxygen atoms in total. The van der Waals surface area contributed by atoms with E-state index >= 15 is 0 Å². The van der Waals surface area contributed by atoms with Crippen LogP contribution in [0.4, 0.5) is 8.78 Å². The van der Waals surface area contributed by atoms with Gasteiger partial charge in [-0.2, -0.15) is 0 Å². The molecule has 0 amide bonds. The third-order valence-electron chi connectivity index (χ3n) is 1.00. The summed E-state index contributed by atoms with van der Waals surface area (Å²) in [4.78, 5) is 0. The number of hydrogen-bond donors (Lipinski definition) is 2. The van der Waals surface area contributed by atoms with Gasteiger partial charge in [0, 0.05) is 12.7 Å². The zero-order valence-corrected chi connectivity index (χ0v) is 5.91. The number of alkyl halides is 2. The van der Waals surface area contributed by atoms with Crippen molar-refractivity contribution in [1.29, 1.82) is 5.41 Å². The van der Waals surface area contributed by atoms with Crippen molar-refractivity contribution >= 4 is 5.71 Å². The Labute approximate surface area is 58.4 Å². The molecule has 0 rings (SSSR count). The molecule has 0 atom stereocenters. The molecular weight excluding hydrogens is 138 g/mol. The predicted octanol–water partition coefficient (Wildman–Crippen LogP) is 1.39. The minimum absolute atomic E-state index is 0.560. The summed E-state index contributed by atoms with van der Waals surface area (Å²) in [5, 5.41) is 9.35. The van der Waals surface area contributed by atoms with E-state index in [4.69, 9.17) is 5.41 Å². The molecule has 0 aliphatic carbocycles. The van der Waals surface area contributed by atoms with E-state index in [1.807, 2.05) is 0 Å². The zero-order valence-electron chi connectivity index (χ0n) is 5.91. The highest BCUT2D eigenvalue weighted by Gasteiger charge is 2.06. The molecule has 0 aliphatic rings. The summed E-state index contributed by atoms with van der Waals surface area (Å²) in [6.07, 6.45) is -1.58. The minimum Gasteiger partial charge on any atom is -0.392 e. The van der Waals surface area contributed by atoms with Crippen LogP contribution >= 0.6 is 0 Å². The maximum atomic E-state index is 11.6. The lowest BCUT2D eigenvalue weighted by Crippen LogP contribution is -2.10. The van der Waals surface area contributed by atoms with Gasteiger partial charge in [0.05, 0.1) is 5.71 Å². The van der Waals surface area contributed by atoms with Crippen molar-refractivity contribution in [1.82, 2.24) is 5.32 Å². The van der Waals surface area contributed by atoms with Gasteiger partial charge < -0.3 is 5.32 Å². The van der Waals surface area contributed by atoms with Crippen LogP contribution in [-0.2, 0) is 0 Å². The van der Waals surface area contributed by atoms with Crippen molar-refractivity contribution in [3.8, 4) is 0 Å². The van der Waals surface area contributed by atoms with E-state index in [1.165, 1.54) is 0 Å². The van der Waals surface area contributed by atoms with Gasteiger partial charge in [0.2, 0.25) is 0 Å². The summed E-state index contributed by atoms with van der Waals surface area (Å²) in [6, 6.07) is 0. The molecule has 0 bridgehead atoms. The Morgan fingerprint density at radius 3 is 2.40 bits per heavy atom. The zero-order chi connectivity index (χ0) is 8.15. The molecule has 0 unspecified atom stereocenters. The lowest BCUT2D eigenvalue weighted by atomic mass is 10.3. The summed E-state index contributed by atoms with van der Waals surface area (Å²) in [6.45, 7) is 1.62. The Morgan fingerprint density at radius 2 is 2.10 bits per heavy atom. The first kappa shape index (κ1) is 9.07. The van der Waals surface area contributed by atoms with E-state index in [9.17, 15) is 8.78 Å². The average Bonchev–Trinajstić information content (AvgIpc) is 1.87. The highest BCUT2D eigenvalue weighted by molar-refractivity contribution is 5.95. The number of hydrogen-bond acceptors (Lipinski definition) is 2. The van der Waals surface area contributed by atoms with Gasteiger partial charge in [-0.3, -0.25) is 5.41 Å². The van der Waals surface area contributed by atoms with Crippen LogP contribution in [0.15, 0.2) is 11.8 Å². The molecule has 0 aromatic carbocycles. The van der Waals surface area contributed by atoms with Gasteiger partial charge in [0.15, 0.2) is 0 Å². The molecule has 0 radical (unpaired) electrons. The lowest BCUT2D eigenvalue weighted by Gasteiger charge is -1.99. The molecule has 2 N–H and O–H groups in total. The van der Waals surface area contributed by atoms with Crippen LogP contribution < -0.4 is 5.32 Å². The van der Waals surface area contributed by atoms with Gasteiger partial charge in [-0.15, -0.1) is 0 Å². The van der Waals surface area contributed by atoms with Gasteiger partial charge in [-0.05, 0) is 13.0 Å². The van der Waals surface area contributed by atoms with Crippen LogP contribution in [0.3, 0.4) is 0 Å². The predicted molar refractivity (Wildman–Crippen MR) is 36.5 cm³/mol. The quantitative estimate of drug-likeness (QED) is 0.583. The first-order chi connectivity index (χ1) is 4.57. The summed E-state index contributed by atoms with van der Waals surface area (Å²) >= 11 is 0. The normalized spacial score (nSPS) is 11.9. The number of allylic oxidation sites excluding steroid dienone is 2. The SMILES string of the molecule is CN/C(C)=C\C(=N)C(F)F. The molecule has 0 aromatic rings. The number of halogens is 2. The fourth-order valence-corrected chi connectivity index (χ4v) is 0.368. The van der Waals surface area contributed by atoms with Crippen molar-refractivity contribution in [2.75, 3.05) is 7.05 Å². The number of nitrogens with one attached hydrogen (secondary N) is 2. The Kier molecular flexibility index (Phi) is 3.61. The Bertz CT molecular complexity index is 152. The molecule has 0 aromatic heterocycles. The molecule has 58 valence electrons. The first-order valence-electron chi connectivity index (χ1n) is 2.80. The molecule has 10 heavy (non-hydrogen) atoms. The van der Waals surface area contributed by atoms with Gasteiger partial charge in [-0.25, -0.2) is 8.78 Å². The molecule has 0 aliphatic heterocycles. The maximum Gasteiger partial charge on any atom is 0.279 e. The molecule has 0 fully saturated rings. The fourth-order valence-electron chi connectivity index (χ4n) is 0.368. The topological polar surface area (TPSA) is 35.9 Å². The monoisotopic (exact) mass is 148 g/mol. The van der Waals surface area contributed by atoms with E-state index in [0.29, 0.717) is 5.70 Å². The maximum absolute atomic E-state index is 11.6. The van der Waals surface area contributed by atoms with Gasteiger partial charge in [0.1, 0.15) is 0 Å². The highest BCUT2D eigenvalue weighted by Crippen LogP contribution is 1.97. The second-order valence-corrected chi connectivity index (χ2v) is 1.83. The molecule has 0 saturated carbocycles. The van der Waals surface area contributed by atoms with Crippen molar-refractivity contribution in [2.24, 2.45) is 0 Å². The molecule has 0 heterocycles. The third kappa shape index (κ3) is 3.17. The van der Waals surface area contributed by atoms with Crippen molar-refractivity contribution in [3.05, 3.63) is 11.8 Å². The second kappa shape index (κ2) is 3.98. The highest BCUT2D eigenvalue weighted by atomic mass is 19.3.